The van der Waals surface area contributed by atoms with Crippen LogP contribution in [0, 0.1) is 17.7 Å². The molecule has 116 valence electrons. The Labute approximate surface area is 118 Å². The summed E-state index contributed by atoms with van der Waals surface area (Å²) < 4.78 is 74.6. The lowest BCUT2D eigenvalue weighted by Gasteiger charge is -2.10. The number of rotatable bonds is 4. The Morgan fingerprint density at radius 3 is 2.52 bits per heavy atom. The van der Waals surface area contributed by atoms with Crippen LogP contribution < -0.4 is 4.72 Å². The predicted molar refractivity (Wildman–Crippen MR) is 66.2 cm³/mol. The maximum atomic E-state index is 13.1. The average molecular weight is 325 g/mol. The highest BCUT2D eigenvalue weighted by molar-refractivity contribution is 7.89. The molecule has 0 unspecified atom stereocenters. The standard InChI is InChI=1S/C12H11F4NO3S/c13-10-3-4-11(9(8-10)2-1-7-18)21(19,20)17-6-5-12(14,15)16/h3-4,8,17-18H,5-7H2. The van der Waals surface area contributed by atoms with E-state index in [1.54, 1.807) is 4.72 Å². The number of nitrogens with one attached hydrogen (secondary N) is 1. The molecule has 1 aromatic carbocycles. The average Bonchev–Trinajstić information content (AvgIpc) is 2.34. The molecule has 0 fully saturated rings. The minimum Gasteiger partial charge on any atom is -0.384 e. The zero-order valence-electron chi connectivity index (χ0n) is 10.5. The second-order valence-corrected chi connectivity index (χ2v) is 5.60. The van der Waals surface area contributed by atoms with E-state index < -0.39 is 46.5 Å². The van der Waals surface area contributed by atoms with Crippen LogP contribution >= 0.6 is 0 Å². The van der Waals surface area contributed by atoms with Crippen LogP contribution in [0.5, 0.6) is 0 Å². The van der Waals surface area contributed by atoms with E-state index in [-0.39, 0.29) is 5.56 Å². The van der Waals surface area contributed by atoms with E-state index in [0.29, 0.717) is 0 Å². The van der Waals surface area contributed by atoms with Crippen molar-refractivity contribution < 1.29 is 31.1 Å². The van der Waals surface area contributed by atoms with E-state index in [4.69, 9.17) is 5.11 Å². The fraction of sp³-hybridized carbons (Fsp3) is 0.333. The Morgan fingerprint density at radius 2 is 1.95 bits per heavy atom. The maximum absolute atomic E-state index is 13.1. The van der Waals surface area contributed by atoms with Crippen molar-refractivity contribution in [2.24, 2.45) is 0 Å². The van der Waals surface area contributed by atoms with Gasteiger partial charge < -0.3 is 5.11 Å². The molecule has 0 aliphatic rings. The summed E-state index contributed by atoms with van der Waals surface area (Å²) in [5.41, 5.74) is -0.247. The zero-order valence-corrected chi connectivity index (χ0v) is 11.4. The molecule has 0 aromatic heterocycles. The van der Waals surface area contributed by atoms with Gasteiger partial charge in [0.2, 0.25) is 10.0 Å². The van der Waals surface area contributed by atoms with E-state index in [1.807, 2.05) is 0 Å². The van der Waals surface area contributed by atoms with Crippen LogP contribution in [0.1, 0.15) is 12.0 Å². The van der Waals surface area contributed by atoms with Crippen molar-refractivity contribution in [2.45, 2.75) is 17.5 Å². The molecule has 0 saturated carbocycles. The summed E-state index contributed by atoms with van der Waals surface area (Å²) in [6.07, 6.45) is -5.82. The first-order chi connectivity index (χ1) is 9.65. The van der Waals surface area contributed by atoms with Crippen LogP contribution in [0.4, 0.5) is 17.6 Å². The highest BCUT2D eigenvalue weighted by Crippen LogP contribution is 2.20. The number of benzene rings is 1. The smallest absolute Gasteiger partial charge is 0.384 e. The maximum Gasteiger partial charge on any atom is 0.390 e. The topological polar surface area (TPSA) is 66.4 Å². The Bertz CT molecular complexity index is 659. The molecule has 0 heterocycles. The molecule has 0 radical (unpaired) electrons. The Balaban J connectivity index is 3.02. The molecule has 1 rings (SSSR count). The molecule has 0 atom stereocenters. The molecule has 0 aliphatic heterocycles. The minimum absolute atomic E-state index is 0.247. The van der Waals surface area contributed by atoms with Gasteiger partial charge in [-0.25, -0.2) is 17.5 Å². The third kappa shape index (κ3) is 5.71. The SMILES string of the molecule is O=S(=O)(NCCC(F)(F)F)c1ccc(F)cc1C#CCO. The van der Waals surface area contributed by atoms with Gasteiger partial charge in [-0.1, -0.05) is 11.8 Å². The monoisotopic (exact) mass is 325 g/mol. The molecular formula is C12H11F4NO3S. The molecule has 1 aromatic rings. The molecule has 2 N–H and O–H groups in total. The first kappa shape index (κ1) is 17.4. The fourth-order valence-corrected chi connectivity index (χ4v) is 2.55. The van der Waals surface area contributed by atoms with Crippen LogP contribution in [0.15, 0.2) is 23.1 Å². The van der Waals surface area contributed by atoms with Crippen molar-refractivity contribution in [1.29, 1.82) is 0 Å². The first-order valence-corrected chi connectivity index (χ1v) is 7.10. The Hall–Kier alpha value is -1.63. The molecule has 0 bridgehead atoms. The number of aliphatic hydroxyl groups is 1. The van der Waals surface area contributed by atoms with Crippen molar-refractivity contribution >= 4 is 10.0 Å². The first-order valence-electron chi connectivity index (χ1n) is 5.61. The van der Waals surface area contributed by atoms with Crippen LogP contribution in [0.25, 0.3) is 0 Å². The molecule has 0 spiro atoms. The summed E-state index contributed by atoms with van der Waals surface area (Å²) >= 11 is 0. The summed E-state index contributed by atoms with van der Waals surface area (Å²) in [6, 6.07) is 2.57. The Morgan fingerprint density at radius 1 is 1.29 bits per heavy atom. The summed E-state index contributed by atoms with van der Waals surface area (Å²) in [7, 11) is -4.26. The largest absolute Gasteiger partial charge is 0.390 e. The summed E-state index contributed by atoms with van der Waals surface area (Å²) in [5, 5.41) is 8.56. The number of aliphatic hydroxyl groups excluding tert-OH is 1. The van der Waals surface area contributed by atoms with Crippen molar-refractivity contribution in [3.8, 4) is 11.8 Å². The second-order valence-electron chi connectivity index (χ2n) is 3.86. The Kier molecular flexibility index (Phi) is 5.71. The summed E-state index contributed by atoms with van der Waals surface area (Å²) in [6.45, 7) is -1.41. The highest BCUT2D eigenvalue weighted by atomic mass is 32.2. The van der Waals surface area contributed by atoms with Gasteiger partial charge in [0.05, 0.1) is 11.3 Å². The molecule has 0 aliphatic carbocycles. The number of hydrogen-bond donors (Lipinski definition) is 2. The van der Waals surface area contributed by atoms with Crippen LogP contribution in [0.3, 0.4) is 0 Å². The second kappa shape index (κ2) is 6.89. The minimum atomic E-state index is -4.50. The number of hydrogen-bond acceptors (Lipinski definition) is 3. The van der Waals surface area contributed by atoms with E-state index in [0.717, 1.165) is 18.2 Å². The van der Waals surface area contributed by atoms with Gasteiger partial charge in [0.1, 0.15) is 12.4 Å². The molecule has 21 heavy (non-hydrogen) atoms. The van der Waals surface area contributed by atoms with Crippen molar-refractivity contribution in [1.82, 2.24) is 4.72 Å². The van der Waals surface area contributed by atoms with Gasteiger partial charge in [0.25, 0.3) is 0 Å². The molecule has 0 saturated heterocycles. The highest BCUT2D eigenvalue weighted by Gasteiger charge is 2.28. The third-order valence-electron chi connectivity index (χ3n) is 2.23. The number of halogens is 4. The van der Waals surface area contributed by atoms with Gasteiger partial charge >= 0.3 is 6.18 Å². The van der Waals surface area contributed by atoms with Crippen molar-refractivity contribution in [3.63, 3.8) is 0 Å². The molecular weight excluding hydrogens is 314 g/mol. The van der Waals surface area contributed by atoms with Gasteiger partial charge in [-0.15, -0.1) is 0 Å². The molecule has 0 amide bonds. The predicted octanol–water partition coefficient (Wildman–Crippen LogP) is 1.40. The van der Waals surface area contributed by atoms with E-state index >= 15 is 0 Å². The van der Waals surface area contributed by atoms with E-state index in [9.17, 15) is 26.0 Å². The lowest BCUT2D eigenvalue weighted by atomic mass is 10.2. The fourth-order valence-electron chi connectivity index (χ4n) is 1.37. The van der Waals surface area contributed by atoms with E-state index in [2.05, 4.69) is 11.8 Å². The van der Waals surface area contributed by atoms with Gasteiger partial charge in [0, 0.05) is 12.1 Å². The third-order valence-corrected chi connectivity index (χ3v) is 3.75. The quantitative estimate of drug-likeness (QED) is 0.650. The van der Waals surface area contributed by atoms with Crippen LogP contribution in [-0.4, -0.2) is 32.9 Å². The van der Waals surface area contributed by atoms with Crippen LogP contribution in [0.2, 0.25) is 0 Å². The lowest BCUT2D eigenvalue weighted by molar-refractivity contribution is -0.132. The lowest BCUT2D eigenvalue weighted by Crippen LogP contribution is -2.28. The summed E-state index contributed by atoms with van der Waals surface area (Å²) in [4.78, 5) is -0.452. The van der Waals surface area contributed by atoms with Crippen molar-refractivity contribution in [2.75, 3.05) is 13.2 Å². The normalized spacial score (nSPS) is 11.9. The number of alkyl halides is 3. The summed E-state index contributed by atoms with van der Waals surface area (Å²) in [5.74, 6) is 3.63. The van der Waals surface area contributed by atoms with E-state index in [1.165, 1.54) is 0 Å². The molecule has 9 heteroatoms. The zero-order chi connectivity index (χ0) is 16.1. The van der Waals surface area contributed by atoms with Gasteiger partial charge in [0.15, 0.2) is 0 Å². The number of sulfonamides is 1. The van der Waals surface area contributed by atoms with Gasteiger partial charge in [-0.05, 0) is 18.2 Å². The van der Waals surface area contributed by atoms with Crippen LogP contribution in [-0.2, 0) is 10.0 Å². The van der Waals surface area contributed by atoms with Gasteiger partial charge in [-0.3, -0.25) is 0 Å². The van der Waals surface area contributed by atoms with Crippen molar-refractivity contribution in [3.05, 3.63) is 29.6 Å². The molecule has 4 nitrogen and oxygen atoms in total. The van der Waals surface area contributed by atoms with Gasteiger partial charge in [-0.2, -0.15) is 13.2 Å².